The number of hydrogen-bond acceptors (Lipinski definition) is 4. The van der Waals surface area contributed by atoms with Gasteiger partial charge in [-0.05, 0) is 31.0 Å². The zero-order chi connectivity index (χ0) is 14.0. The highest BCUT2D eigenvalue weighted by molar-refractivity contribution is 7.91. The molecule has 1 heterocycles. The molecule has 1 aromatic rings. The van der Waals surface area contributed by atoms with Crippen molar-refractivity contribution in [3.05, 3.63) is 28.8 Å². The number of nitrogens with one attached hydrogen (secondary N) is 1. The fraction of sp³-hybridized carbons (Fsp3) is 0.417. The largest absolute Gasteiger partial charge is 0.478 e. The van der Waals surface area contributed by atoms with Crippen molar-refractivity contribution < 1.29 is 18.3 Å². The van der Waals surface area contributed by atoms with Crippen LogP contribution in [0.3, 0.4) is 0 Å². The number of aromatic carboxylic acids is 1. The number of hydrogen-bond donors (Lipinski definition) is 2. The van der Waals surface area contributed by atoms with E-state index in [2.05, 4.69) is 5.32 Å². The SMILES string of the molecule is O=C(O)c1ccc(NC2CCCS(=O)(=O)C2)c(Cl)c1. The van der Waals surface area contributed by atoms with E-state index in [-0.39, 0.29) is 28.1 Å². The summed E-state index contributed by atoms with van der Waals surface area (Å²) < 4.78 is 23.1. The van der Waals surface area contributed by atoms with Gasteiger partial charge in [-0.2, -0.15) is 0 Å². The summed E-state index contributed by atoms with van der Waals surface area (Å²) in [6.45, 7) is 0. The highest BCUT2D eigenvalue weighted by Gasteiger charge is 2.25. The Morgan fingerprint density at radius 2 is 2.16 bits per heavy atom. The minimum Gasteiger partial charge on any atom is -0.478 e. The molecule has 1 aliphatic rings. The number of halogens is 1. The predicted molar refractivity (Wildman–Crippen MR) is 73.7 cm³/mol. The lowest BCUT2D eigenvalue weighted by atomic mass is 10.1. The first-order valence-electron chi connectivity index (χ1n) is 5.87. The molecule has 0 amide bonds. The predicted octanol–water partition coefficient (Wildman–Crippen LogP) is 2.03. The summed E-state index contributed by atoms with van der Waals surface area (Å²) in [5.41, 5.74) is 0.667. The van der Waals surface area contributed by atoms with Gasteiger partial charge in [0.25, 0.3) is 0 Å². The van der Waals surface area contributed by atoms with Crippen LogP contribution >= 0.6 is 11.6 Å². The van der Waals surface area contributed by atoms with Crippen molar-refractivity contribution in [2.45, 2.75) is 18.9 Å². The van der Waals surface area contributed by atoms with Crippen LogP contribution in [0.15, 0.2) is 18.2 Å². The Labute approximate surface area is 116 Å². The van der Waals surface area contributed by atoms with Gasteiger partial charge >= 0.3 is 5.97 Å². The summed E-state index contributed by atoms with van der Waals surface area (Å²) >= 11 is 5.99. The molecule has 0 radical (unpaired) electrons. The number of carboxylic acids is 1. The van der Waals surface area contributed by atoms with E-state index in [1.165, 1.54) is 12.1 Å². The first-order valence-corrected chi connectivity index (χ1v) is 8.07. The Morgan fingerprint density at radius 3 is 2.74 bits per heavy atom. The maximum absolute atomic E-state index is 11.5. The van der Waals surface area contributed by atoms with Crippen LogP contribution in [0.2, 0.25) is 5.02 Å². The van der Waals surface area contributed by atoms with Crippen molar-refractivity contribution in [3.8, 4) is 0 Å². The van der Waals surface area contributed by atoms with Gasteiger partial charge < -0.3 is 10.4 Å². The van der Waals surface area contributed by atoms with Gasteiger partial charge in [0.2, 0.25) is 0 Å². The number of rotatable bonds is 3. The minimum absolute atomic E-state index is 0.0873. The molecule has 0 aliphatic carbocycles. The van der Waals surface area contributed by atoms with E-state index in [4.69, 9.17) is 16.7 Å². The van der Waals surface area contributed by atoms with Crippen LogP contribution in [0, 0.1) is 0 Å². The Hall–Kier alpha value is -1.27. The van der Waals surface area contributed by atoms with Crippen LogP contribution in [0.4, 0.5) is 5.69 Å². The van der Waals surface area contributed by atoms with Gasteiger partial charge in [0.15, 0.2) is 9.84 Å². The molecule has 2 rings (SSSR count). The van der Waals surface area contributed by atoms with Crippen molar-refractivity contribution in [1.29, 1.82) is 0 Å². The third-order valence-electron chi connectivity index (χ3n) is 3.04. The zero-order valence-electron chi connectivity index (χ0n) is 10.1. The lowest BCUT2D eigenvalue weighted by molar-refractivity contribution is 0.0697. The Bertz CT molecular complexity index is 600. The topological polar surface area (TPSA) is 83.5 Å². The van der Waals surface area contributed by atoms with Crippen LogP contribution in [-0.4, -0.2) is 37.0 Å². The second-order valence-electron chi connectivity index (χ2n) is 4.60. The fourth-order valence-corrected chi connectivity index (χ4v) is 3.99. The van der Waals surface area contributed by atoms with Gasteiger partial charge in [0, 0.05) is 6.04 Å². The molecule has 0 saturated carbocycles. The number of sulfone groups is 1. The van der Waals surface area contributed by atoms with E-state index < -0.39 is 15.8 Å². The third kappa shape index (κ3) is 3.61. The van der Waals surface area contributed by atoms with Crippen molar-refractivity contribution >= 4 is 33.1 Å². The van der Waals surface area contributed by atoms with Gasteiger partial charge in [-0.1, -0.05) is 11.6 Å². The van der Waals surface area contributed by atoms with Crippen molar-refractivity contribution in [1.82, 2.24) is 0 Å². The summed E-state index contributed by atoms with van der Waals surface area (Å²) in [6.07, 6.45) is 1.39. The second-order valence-corrected chi connectivity index (χ2v) is 7.23. The van der Waals surface area contributed by atoms with E-state index >= 15 is 0 Å². The smallest absolute Gasteiger partial charge is 0.335 e. The number of carbonyl (C=O) groups is 1. The zero-order valence-corrected chi connectivity index (χ0v) is 11.7. The first kappa shape index (κ1) is 14.1. The third-order valence-corrected chi connectivity index (χ3v) is 5.17. The van der Waals surface area contributed by atoms with Crippen molar-refractivity contribution in [3.63, 3.8) is 0 Å². The van der Waals surface area contributed by atoms with Crippen LogP contribution < -0.4 is 5.32 Å². The molecule has 0 spiro atoms. The number of carboxylic acid groups (broad SMARTS) is 1. The second kappa shape index (κ2) is 5.38. The number of benzene rings is 1. The Balaban J connectivity index is 2.13. The summed E-state index contributed by atoms with van der Waals surface area (Å²) in [7, 11) is -2.99. The molecular formula is C12H14ClNO4S. The van der Waals surface area contributed by atoms with Gasteiger partial charge in [-0.15, -0.1) is 0 Å². The van der Waals surface area contributed by atoms with Gasteiger partial charge in [-0.25, -0.2) is 13.2 Å². The molecule has 0 aromatic heterocycles. The van der Waals surface area contributed by atoms with E-state index in [1.54, 1.807) is 6.07 Å². The molecule has 2 N–H and O–H groups in total. The lowest BCUT2D eigenvalue weighted by Gasteiger charge is -2.24. The van der Waals surface area contributed by atoms with Crippen LogP contribution in [0.5, 0.6) is 0 Å². The summed E-state index contributed by atoms with van der Waals surface area (Å²) in [5, 5.41) is 12.2. The summed E-state index contributed by atoms with van der Waals surface area (Å²) in [4.78, 5) is 10.8. The maximum atomic E-state index is 11.5. The van der Waals surface area contributed by atoms with Crippen LogP contribution in [0.1, 0.15) is 23.2 Å². The summed E-state index contributed by atoms with van der Waals surface area (Å²) in [5.74, 6) is -0.727. The van der Waals surface area contributed by atoms with Gasteiger partial charge in [0.05, 0.1) is 27.8 Å². The molecule has 1 aromatic carbocycles. The summed E-state index contributed by atoms with van der Waals surface area (Å²) in [6, 6.07) is 4.18. The molecule has 19 heavy (non-hydrogen) atoms. The van der Waals surface area contributed by atoms with Gasteiger partial charge in [-0.3, -0.25) is 0 Å². The van der Waals surface area contributed by atoms with E-state index in [0.717, 1.165) is 6.42 Å². The molecule has 1 fully saturated rings. The molecule has 1 saturated heterocycles. The fourth-order valence-electron chi connectivity index (χ4n) is 2.12. The molecular weight excluding hydrogens is 290 g/mol. The van der Waals surface area contributed by atoms with Gasteiger partial charge in [0.1, 0.15) is 0 Å². The molecule has 104 valence electrons. The Morgan fingerprint density at radius 1 is 1.42 bits per heavy atom. The molecule has 1 aliphatic heterocycles. The lowest BCUT2D eigenvalue weighted by Crippen LogP contribution is -2.34. The average Bonchev–Trinajstić information content (AvgIpc) is 2.30. The molecule has 1 atom stereocenters. The van der Waals surface area contributed by atoms with Crippen LogP contribution in [0.25, 0.3) is 0 Å². The monoisotopic (exact) mass is 303 g/mol. The average molecular weight is 304 g/mol. The van der Waals surface area contributed by atoms with E-state index in [9.17, 15) is 13.2 Å². The van der Waals surface area contributed by atoms with Crippen molar-refractivity contribution in [2.24, 2.45) is 0 Å². The normalized spacial score (nSPS) is 21.8. The highest BCUT2D eigenvalue weighted by Crippen LogP contribution is 2.26. The van der Waals surface area contributed by atoms with Crippen molar-refractivity contribution in [2.75, 3.05) is 16.8 Å². The Kier molecular flexibility index (Phi) is 4.01. The molecule has 1 unspecified atom stereocenters. The maximum Gasteiger partial charge on any atom is 0.335 e. The molecule has 0 bridgehead atoms. The highest BCUT2D eigenvalue weighted by atomic mass is 35.5. The quantitative estimate of drug-likeness (QED) is 0.892. The standard InChI is InChI=1S/C12H14ClNO4S/c13-10-6-8(12(15)16)3-4-11(10)14-9-2-1-5-19(17,18)7-9/h3-4,6,9,14H,1-2,5,7H2,(H,15,16). The van der Waals surface area contributed by atoms with E-state index in [1.807, 2.05) is 0 Å². The first-order chi connectivity index (χ1) is 8.87. The number of anilines is 1. The minimum atomic E-state index is -2.99. The van der Waals surface area contributed by atoms with E-state index in [0.29, 0.717) is 12.1 Å². The molecule has 5 nitrogen and oxygen atoms in total. The molecule has 7 heteroatoms. The van der Waals surface area contributed by atoms with Crippen LogP contribution in [-0.2, 0) is 9.84 Å².